The van der Waals surface area contributed by atoms with Crippen molar-refractivity contribution in [2.45, 2.75) is 94.8 Å². The van der Waals surface area contributed by atoms with Gasteiger partial charge < -0.3 is 61.6 Å². The summed E-state index contributed by atoms with van der Waals surface area (Å²) in [5.74, 6) is -9.39. The number of para-hydroxylation sites is 1. The van der Waals surface area contributed by atoms with Crippen LogP contribution in [0.25, 0.3) is 10.9 Å². The van der Waals surface area contributed by atoms with E-state index in [9.17, 15) is 73.6 Å². The van der Waals surface area contributed by atoms with Crippen LogP contribution in [-0.2, 0) is 56.0 Å². The quantitative estimate of drug-likeness (QED) is 0.0341. The summed E-state index contributed by atoms with van der Waals surface area (Å²) in [6.45, 7) is 1.54. The third-order valence-corrected chi connectivity index (χ3v) is 12.9. The SMILES string of the molecule is CC(C)[C@H]1NC(=O)C(NC(=O)[C@H](Cc2ccc(O)cc2)NC(=O)[C@@H]2CCCN2C(=O)[C@@H]2CCC(=O)N2)n2cc(c3ccccc32)C[C@@H](C(=O)Oc2ccc([N+](=O)[O-])cc2[N+](=O)[O-])NC(=O)[C@@H](CO)NC(=O)CNC1=O. The normalized spacial score (nSPS) is 21.9. The lowest BCUT2D eigenvalue weighted by atomic mass is 10.0. The van der Waals surface area contributed by atoms with Gasteiger partial charge in [0.2, 0.25) is 47.1 Å². The standard InChI is InChI=1S/C48H53N11O16/c1-24(2)40-45(67)49-21-39(63)51-33(23-60)43(65)53-32(48(70)75-37-15-11-27(58(71)72)20-36(37)59(73)74)19-26-22-57(34-7-4-3-6-29(26)34)41(46(68)54-40)55-42(64)31(18-25-9-12-28(61)13-10-25)52-44(66)35-8-5-17-56(35)47(69)30-14-16-38(62)50-30/h3-4,6-7,9-13,15,20,22,24,30-33,35,40-41,60-61H,5,8,14,16-19,21,23H2,1-2H3,(H,49,67)(H,50,62)(H,51,63)(H,52,66)(H,53,65)(H,54,68)(H,55,64)/t30-,31-,32-,33+,35-,40+,41?/m0/s1. The highest BCUT2D eigenvalue weighted by molar-refractivity contribution is 5.99. The number of hydrogen-bond donors (Lipinski definition) is 9. The average Bonchev–Trinajstić information content (AvgIpc) is 4.14. The Morgan fingerprint density at radius 2 is 1.59 bits per heavy atom. The third-order valence-electron chi connectivity index (χ3n) is 12.9. The van der Waals surface area contributed by atoms with Gasteiger partial charge in [0.1, 0.15) is 42.0 Å². The highest BCUT2D eigenvalue weighted by Crippen LogP contribution is 2.32. The molecule has 0 aliphatic carbocycles. The van der Waals surface area contributed by atoms with E-state index < -0.39 is 142 Å². The summed E-state index contributed by atoms with van der Waals surface area (Å²) in [5, 5.41) is 61.7. The van der Waals surface area contributed by atoms with Crippen molar-refractivity contribution >= 4 is 75.5 Å². The number of hydrogen-bond acceptors (Lipinski definition) is 16. The number of aliphatic hydroxyl groups is 1. The first kappa shape index (κ1) is 53.8. The molecular weight excluding hydrogens is 987 g/mol. The molecule has 27 heteroatoms. The molecule has 396 valence electrons. The van der Waals surface area contributed by atoms with Gasteiger partial charge >= 0.3 is 11.7 Å². The fourth-order valence-corrected chi connectivity index (χ4v) is 9.00. The molecule has 3 aliphatic heterocycles. The van der Waals surface area contributed by atoms with Gasteiger partial charge in [-0.1, -0.05) is 44.2 Å². The number of nitro groups is 2. The highest BCUT2D eigenvalue weighted by atomic mass is 16.6. The fraction of sp³-hybridized carbons (Fsp3) is 0.396. The summed E-state index contributed by atoms with van der Waals surface area (Å²) in [6, 6.07) is 5.80. The van der Waals surface area contributed by atoms with Gasteiger partial charge in [-0.25, -0.2) is 4.79 Å². The van der Waals surface area contributed by atoms with Crippen LogP contribution in [0.2, 0.25) is 0 Å². The molecule has 7 atom stereocenters. The summed E-state index contributed by atoms with van der Waals surface area (Å²) < 4.78 is 6.69. The monoisotopic (exact) mass is 1040 g/mol. The molecule has 2 fully saturated rings. The van der Waals surface area contributed by atoms with E-state index in [1.165, 1.54) is 46.0 Å². The van der Waals surface area contributed by atoms with Gasteiger partial charge in [-0.2, -0.15) is 0 Å². The predicted octanol–water partition coefficient (Wildman–Crippen LogP) is -0.844. The molecule has 3 aliphatic rings. The lowest BCUT2D eigenvalue weighted by Crippen LogP contribution is -2.58. The molecule has 0 radical (unpaired) electrons. The Morgan fingerprint density at radius 1 is 0.853 bits per heavy atom. The van der Waals surface area contributed by atoms with Gasteiger partial charge in [0.15, 0.2) is 6.17 Å². The smallest absolute Gasteiger partial charge is 0.334 e. The number of aliphatic hydroxyl groups excluding tert-OH is 1. The van der Waals surface area contributed by atoms with Crippen LogP contribution < -0.4 is 42.0 Å². The van der Waals surface area contributed by atoms with Gasteiger partial charge in [-0.15, -0.1) is 0 Å². The van der Waals surface area contributed by atoms with Crippen LogP contribution in [0.3, 0.4) is 0 Å². The zero-order valence-electron chi connectivity index (χ0n) is 40.3. The number of benzene rings is 3. The van der Waals surface area contributed by atoms with Crippen molar-refractivity contribution in [3.05, 3.63) is 104 Å². The minimum absolute atomic E-state index is 0.100. The molecule has 1 aromatic heterocycles. The molecule has 3 aromatic carbocycles. The van der Waals surface area contributed by atoms with Crippen molar-refractivity contribution in [3.8, 4) is 11.5 Å². The molecule has 7 rings (SSSR count). The lowest BCUT2D eigenvalue weighted by Gasteiger charge is -2.30. The van der Waals surface area contributed by atoms with Gasteiger partial charge in [0.25, 0.3) is 11.6 Å². The number of aromatic hydroxyl groups is 1. The Labute approximate surface area is 425 Å². The van der Waals surface area contributed by atoms with Crippen LogP contribution in [0.4, 0.5) is 11.4 Å². The Morgan fingerprint density at radius 3 is 2.25 bits per heavy atom. The van der Waals surface area contributed by atoms with E-state index in [1.807, 2.05) is 0 Å². The molecule has 75 heavy (non-hydrogen) atoms. The zero-order chi connectivity index (χ0) is 54.2. The second-order valence-electron chi connectivity index (χ2n) is 18.4. The first-order valence-electron chi connectivity index (χ1n) is 23.7. The van der Waals surface area contributed by atoms with E-state index in [0.717, 1.165) is 12.1 Å². The molecule has 0 spiro atoms. The molecule has 9 N–H and O–H groups in total. The molecule has 4 heterocycles. The van der Waals surface area contributed by atoms with Gasteiger partial charge in [-0.05, 0) is 60.6 Å². The maximum Gasteiger partial charge on any atom is 0.334 e. The molecule has 1 unspecified atom stereocenters. The zero-order valence-corrected chi connectivity index (χ0v) is 40.3. The van der Waals surface area contributed by atoms with Crippen molar-refractivity contribution in [2.75, 3.05) is 19.7 Å². The number of ether oxygens (including phenoxy) is 1. The number of phenolic OH excluding ortho intramolecular Hbond substituents is 1. The number of esters is 1. The average molecular weight is 1040 g/mol. The number of nitro benzene ring substituents is 2. The summed E-state index contributed by atoms with van der Waals surface area (Å²) in [6.07, 6.45) is -0.248. The molecule has 2 saturated heterocycles. The van der Waals surface area contributed by atoms with Gasteiger partial charge in [0, 0.05) is 43.5 Å². The maximum absolute atomic E-state index is 14.9. The first-order valence-corrected chi connectivity index (χ1v) is 23.7. The number of amides is 8. The van der Waals surface area contributed by atoms with E-state index in [-0.39, 0.29) is 55.0 Å². The largest absolute Gasteiger partial charge is 0.508 e. The Balaban J connectivity index is 1.30. The van der Waals surface area contributed by atoms with Crippen molar-refractivity contribution in [2.24, 2.45) is 5.92 Å². The number of nitrogens with zero attached hydrogens (tertiary/aromatic N) is 4. The van der Waals surface area contributed by atoms with E-state index in [0.29, 0.717) is 23.4 Å². The fourth-order valence-electron chi connectivity index (χ4n) is 9.00. The number of carbonyl (C=O) groups is 9. The minimum atomic E-state index is -1.84. The Hall–Kier alpha value is -9.01. The maximum atomic E-state index is 14.9. The number of likely N-dealkylation sites (tertiary alicyclic amines) is 1. The number of phenols is 1. The van der Waals surface area contributed by atoms with E-state index in [4.69, 9.17) is 4.74 Å². The van der Waals surface area contributed by atoms with Gasteiger partial charge in [0.05, 0.1) is 34.6 Å². The number of nitrogens with one attached hydrogen (secondary N) is 7. The van der Waals surface area contributed by atoms with Crippen LogP contribution >= 0.6 is 0 Å². The van der Waals surface area contributed by atoms with Gasteiger partial charge in [-0.3, -0.25) is 58.6 Å². The van der Waals surface area contributed by atoms with Crippen molar-refractivity contribution in [1.29, 1.82) is 0 Å². The van der Waals surface area contributed by atoms with Crippen LogP contribution in [0.5, 0.6) is 11.5 Å². The third kappa shape index (κ3) is 12.6. The summed E-state index contributed by atoms with van der Waals surface area (Å²) in [4.78, 5) is 147. The van der Waals surface area contributed by atoms with Crippen LogP contribution in [-0.4, -0.2) is 139 Å². The lowest BCUT2D eigenvalue weighted by molar-refractivity contribution is -0.394. The number of carbonyl (C=O) groups excluding carboxylic acids is 9. The summed E-state index contributed by atoms with van der Waals surface area (Å²) >= 11 is 0. The van der Waals surface area contributed by atoms with Crippen LogP contribution in [0.15, 0.2) is 72.9 Å². The number of rotatable bonds is 13. The van der Waals surface area contributed by atoms with Crippen molar-refractivity contribution < 1.29 is 67.9 Å². The second-order valence-corrected chi connectivity index (χ2v) is 18.4. The molecular formula is C48H53N11O16. The highest BCUT2D eigenvalue weighted by Gasteiger charge is 2.41. The molecule has 0 saturated carbocycles. The first-order chi connectivity index (χ1) is 35.7. The molecule has 2 bridgehead atoms. The van der Waals surface area contributed by atoms with E-state index in [2.05, 4.69) is 37.2 Å². The Kier molecular flexibility index (Phi) is 16.7. The molecule has 4 aromatic rings. The molecule has 27 nitrogen and oxygen atoms in total. The predicted molar refractivity (Wildman–Crippen MR) is 259 cm³/mol. The molecule has 8 amide bonds. The summed E-state index contributed by atoms with van der Waals surface area (Å²) in [7, 11) is 0. The second kappa shape index (κ2) is 23.2. The van der Waals surface area contributed by atoms with Crippen LogP contribution in [0, 0.1) is 26.1 Å². The van der Waals surface area contributed by atoms with Crippen LogP contribution in [0.1, 0.15) is 56.8 Å². The number of non-ortho nitro benzene ring substituents is 1. The Bertz CT molecular complexity index is 2940. The summed E-state index contributed by atoms with van der Waals surface area (Å²) in [5.41, 5.74) is -0.878. The van der Waals surface area contributed by atoms with Crippen molar-refractivity contribution in [1.82, 2.24) is 46.7 Å². The van der Waals surface area contributed by atoms with E-state index >= 15 is 0 Å². The van der Waals surface area contributed by atoms with E-state index in [1.54, 1.807) is 32.0 Å². The number of aromatic nitrogens is 1. The minimum Gasteiger partial charge on any atom is -0.508 e. The topological polar surface area (TPSA) is 382 Å². The number of fused-ring (bicyclic) bond motifs is 5. The van der Waals surface area contributed by atoms with Crippen molar-refractivity contribution in [3.63, 3.8) is 0 Å².